The number of thioether (sulfide) groups is 1. The lowest BCUT2D eigenvalue weighted by Gasteiger charge is -2.43. The quantitative estimate of drug-likeness (QED) is 0.523. The lowest BCUT2D eigenvalue weighted by Crippen LogP contribution is -2.53. The van der Waals surface area contributed by atoms with Crippen molar-refractivity contribution in [2.75, 3.05) is 0 Å². The van der Waals surface area contributed by atoms with Crippen LogP contribution in [0.3, 0.4) is 0 Å². The number of hydrogen-bond donors (Lipinski definition) is 1. The monoisotopic (exact) mass is 149 g/mol. The standard InChI is InChI=1S/C5H8ClNS/c6-3-1-4-7-5(2-3)8-4/h3-5,7H,1-2H2. The van der Waals surface area contributed by atoms with Gasteiger partial charge < -0.3 is 0 Å². The van der Waals surface area contributed by atoms with Crippen molar-refractivity contribution in [1.29, 1.82) is 0 Å². The predicted octanol–water partition coefficient (Wildman–Crippen LogP) is 1.38. The van der Waals surface area contributed by atoms with E-state index in [1.54, 1.807) is 0 Å². The first kappa shape index (κ1) is 5.39. The molecular weight excluding hydrogens is 142 g/mol. The molecule has 3 aliphatic heterocycles. The van der Waals surface area contributed by atoms with Crippen LogP contribution in [-0.2, 0) is 0 Å². The lowest BCUT2D eigenvalue weighted by molar-refractivity contribution is 0.427. The van der Waals surface area contributed by atoms with Gasteiger partial charge >= 0.3 is 0 Å². The number of fused-ring (bicyclic) bond motifs is 2. The smallest absolute Gasteiger partial charge is 0.0570 e. The SMILES string of the molecule is ClC1CC2NC(C1)S2. The van der Waals surface area contributed by atoms with Crippen molar-refractivity contribution >= 4 is 23.4 Å². The molecule has 1 N–H and O–H groups in total. The third-order valence-corrected chi connectivity index (χ3v) is 3.31. The van der Waals surface area contributed by atoms with Crippen LogP contribution < -0.4 is 5.32 Å². The summed E-state index contributed by atoms with van der Waals surface area (Å²) >= 11 is 7.91. The minimum Gasteiger partial charge on any atom is -0.293 e. The molecule has 0 aromatic carbocycles. The molecule has 0 aliphatic carbocycles. The maximum atomic E-state index is 5.89. The van der Waals surface area contributed by atoms with Crippen LogP contribution in [0.25, 0.3) is 0 Å². The number of hydrogen-bond acceptors (Lipinski definition) is 2. The van der Waals surface area contributed by atoms with E-state index in [1.165, 1.54) is 0 Å². The fourth-order valence-electron chi connectivity index (χ4n) is 1.22. The predicted molar refractivity (Wildman–Crippen MR) is 37.2 cm³/mol. The molecular formula is C5H8ClNS. The Labute approximate surface area is 58.2 Å². The number of rotatable bonds is 0. The summed E-state index contributed by atoms with van der Waals surface area (Å²) in [5.74, 6) is 0. The molecule has 8 heavy (non-hydrogen) atoms. The van der Waals surface area contributed by atoms with E-state index in [-0.39, 0.29) is 0 Å². The largest absolute Gasteiger partial charge is 0.293 e. The molecule has 3 saturated heterocycles. The van der Waals surface area contributed by atoms with Gasteiger partial charge in [0, 0.05) is 5.38 Å². The topological polar surface area (TPSA) is 12.0 Å². The summed E-state index contributed by atoms with van der Waals surface area (Å²) < 4.78 is 0. The van der Waals surface area contributed by atoms with Crippen LogP contribution in [0.15, 0.2) is 0 Å². The van der Waals surface area contributed by atoms with Crippen molar-refractivity contribution in [1.82, 2.24) is 5.32 Å². The molecule has 0 aromatic rings. The van der Waals surface area contributed by atoms with E-state index in [4.69, 9.17) is 11.6 Å². The highest BCUT2D eigenvalue weighted by Crippen LogP contribution is 2.39. The number of nitrogens with one attached hydrogen (secondary N) is 1. The van der Waals surface area contributed by atoms with Crippen LogP contribution in [0, 0.1) is 0 Å². The maximum Gasteiger partial charge on any atom is 0.0570 e. The molecule has 3 rings (SSSR count). The molecule has 3 heteroatoms. The average molecular weight is 150 g/mol. The van der Waals surface area contributed by atoms with Gasteiger partial charge in [0.15, 0.2) is 0 Å². The molecule has 3 aliphatic rings. The van der Waals surface area contributed by atoms with Gasteiger partial charge in [-0.1, -0.05) is 0 Å². The molecule has 0 radical (unpaired) electrons. The van der Waals surface area contributed by atoms with E-state index in [2.05, 4.69) is 5.32 Å². The van der Waals surface area contributed by atoms with Crippen LogP contribution in [0.4, 0.5) is 0 Å². The van der Waals surface area contributed by atoms with Crippen molar-refractivity contribution < 1.29 is 0 Å². The van der Waals surface area contributed by atoms with E-state index in [9.17, 15) is 0 Å². The van der Waals surface area contributed by atoms with Crippen molar-refractivity contribution in [3.8, 4) is 0 Å². The molecule has 2 unspecified atom stereocenters. The number of alkyl halides is 1. The van der Waals surface area contributed by atoms with E-state index < -0.39 is 0 Å². The van der Waals surface area contributed by atoms with E-state index in [1.807, 2.05) is 11.8 Å². The van der Waals surface area contributed by atoms with Crippen molar-refractivity contribution in [3.63, 3.8) is 0 Å². The Morgan fingerprint density at radius 2 is 1.88 bits per heavy atom. The zero-order chi connectivity index (χ0) is 5.56. The first-order valence-corrected chi connectivity index (χ1v) is 4.28. The summed E-state index contributed by atoms with van der Waals surface area (Å²) in [7, 11) is 0. The Morgan fingerprint density at radius 3 is 2.12 bits per heavy atom. The zero-order valence-corrected chi connectivity index (χ0v) is 6.00. The molecule has 1 nitrogen and oxygen atoms in total. The Kier molecular flexibility index (Phi) is 1.21. The molecule has 0 amide bonds. The molecule has 2 atom stereocenters. The second-order valence-corrected chi connectivity index (χ2v) is 4.38. The minimum absolute atomic E-state index is 0.451. The van der Waals surface area contributed by atoms with Crippen molar-refractivity contribution in [3.05, 3.63) is 0 Å². The van der Waals surface area contributed by atoms with Gasteiger partial charge in [-0.25, -0.2) is 0 Å². The Hall–Kier alpha value is 0.600. The molecule has 3 heterocycles. The highest BCUT2D eigenvalue weighted by Gasteiger charge is 2.37. The first-order valence-electron chi connectivity index (χ1n) is 2.90. The van der Waals surface area contributed by atoms with Crippen molar-refractivity contribution in [2.45, 2.75) is 29.0 Å². The number of halogens is 1. The molecule has 0 aromatic heterocycles. The second-order valence-electron chi connectivity index (χ2n) is 2.35. The average Bonchev–Trinajstić information content (AvgIpc) is 1.62. The van der Waals surface area contributed by atoms with Crippen LogP contribution in [-0.4, -0.2) is 16.1 Å². The maximum absolute atomic E-state index is 5.89. The molecule has 46 valence electrons. The highest BCUT2D eigenvalue weighted by molar-refractivity contribution is 8.01. The summed E-state index contributed by atoms with van der Waals surface area (Å²) in [5, 5.41) is 5.22. The lowest BCUT2D eigenvalue weighted by atomic mass is 10.1. The highest BCUT2D eigenvalue weighted by atomic mass is 35.5. The normalized spacial score (nSPS) is 52.9. The minimum atomic E-state index is 0.451. The van der Waals surface area contributed by atoms with Gasteiger partial charge in [0.2, 0.25) is 0 Å². The van der Waals surface area contributed by atoms with Gasteiger partial charge in [-0.3, -0.25) is 5.32 Å². The zero-order valence-electron chi connectivity index (χ0n) is 4.43. The van der Waals surface area contributed by atoms with E-state index >= 15 is 0 Å². The fraction of sp³-hybridized carbons (Fsp3) is 1.00. The van der Waals surface area contributed by atoms with E-state index in [0.717, 1.165) is 12.8 Å². The van der Waals surface area contributed by atoms with Gasteiger partial charge in [0.05, 0.1) is 10.7 Å². The van der Waals surface area contributed by atoms with Crippen LogP contribution in [0.1, 0.15) is 12.8 Å². The summed E-state index contributed by atoms with van der Waals surface area (Å²) in [6, 6.07) is 0. The van der Waals surface area contributed by atoms with Crippen LogP contribution >= 0.6 is 23.4 Å². The van der Waals surface area contributed by atoms with Gasteiger partial charge in [-0.2, -0.15) is 0 Å². The molecule has 2 bridgehead atoms. The second kappa shape index (κ2) is 1.79. The Balaban J connectivity index is 1.97. The van der Waals surface area contributed by atoms with Crippen LogP contribution in [0.5, 0.6) is 0 Å². The van der Waals surface area contributed by atoms with E-state index in [0.29, 0.717) is 16.1 Å². The number of piperidine rings is 1. The molecule has 0 spiro atoms. The van der Waals surface area contributed by atoms with Crippen molar-refractivity contribution in [2.24, 2.45) is 0 Å². The summed E-state index contributed by atoms with van der Waals surface area (Å²) in [4.78, 5) is 0. The van der Waals surface area contributed by atoms with Gasteiger partial charge in [-0.05, 0) is 12.8 Å². The summed E-state index contributed by atoms with van der Waals surface area (Å²) in [6.07, 6.45) is 2.31. The van der Waals surface area contributed by atoms with Gasteiger partial charge in [0.25, 0.3) is 0 Å². The summed E-state index contributed by atoms with van der Waals surface area (Å²) in [6.45, 7) is 0. The van der Waals surface area contributed by atoms with Gasteiger partial charge in [0.1, 0.15) is 0 Å². The first-order chi connectivity index (χ1) is 3.84. The third kappa shape index (κ3) is 0.751. The van der Waals surface area contributed by atoms with Crippen LogP contribution in [0.2, 0.25) is 0 Å². The Bertz CT molecular complexity index is 92.6. The third-order valence-electron chi connectivity index (χ3n) is 1.64. The summed E-state index contributed by atoms with van der Waals surface area (Å²) in [5.41, 5.74) is 0. The van der Waals surface area contributed by atoms with Gasteiger partial charge in [-0.15, -0.1) is 23.4 Å². The molecule has 0 saturated carbocycles. The Morgan fingerprint density at radius 1 is 1.38 bits per heavy atom. The fourth-order valence-corrected chi connectivity index (χ4v) is 3.13. The molecule has 3 fully saturated rings.